The molecule has 0 radical (unpaired) electrons. The number of rotatable bonds is 8. The van der Waals surface area contributed by atoms with Crippen molar-refractivity contribution in [3.05, 3.63) is 24.0 Å². The number of unbranched alkanes of at least 4 members (excludes halogenated alkanes) is 1. The molecule has 0 amide bonds. The zero-order valence-electron chi connectivity index (χ0n) is 12.1. The van der Waals surface area contributed by atoms with E-state index in [1.165, 1.54) is 12.2 Å². The average molecular weight is 313 g/mol. The summed E-state index contributed by atoms with van der Waals surface area (Å²) in [5.74, 6) is 3.41. The van der Waals surface area contributed by atoms with Gasteiger partial charge >= 0.3 is 0 Å². The Hall–Kier alpha value is -0.870. The number of nitrogens with zero attached hydrogens (tertiary/aromatic N) is 2. The zero-order chi connectivity index (χ0) is 14.4. The van der Waals surface area contributed by atoms with Gasteiger partial charge in [0.25, 0.3) is 0 Å². The van der Waals surface area contributed by atoms with E-state index in [1.807, 2.05) is 30.8 Å². The van der Waals surface area contributed by atoms with Gasteiger partial charge in [-0.15, -0.1) is 11.6 Å². The number of alkyl halides is 1. The highest BCUT2D eigenvalue weighted by molar-refractivity contribution is 7.98. The van der Waals surface area contributed by atoms with Gasteiger partial charge in [-0.05, 0) is 43.9 Å². The summed E-state index contributed by atoms with van der Waals surface area (Å²) >= 11 is 7.94. The summed E-state index contributed by atoms with van der Waals surface area (Å²) < 4.78 is 7.88. The summed E-state index contributed by atoms with van der Waals surface area (Å²) in [6.07, 6.45) is 4.51. The van der Waals surface area contributed by atoms with Gasteiger partial charge in [0.2, 0.25) is 0 Å². The van der Waals surface area contributed by atoms with Gasteiger partial charge in [0.05, 0.1) is 18.0 Å². The normalized spacial score (nSPS) is 11.2. The van der Waals surface area contributed by atoms with Crippen LogP contribution >= 0.6 is 23.4 Å². The quantitative estimate of drug-likeness (QED) is 0.536. The first-order valence-corrected chi connectivity index (χ1v) is 8.90. The van der Waals surface area contributed by atoms with Gasteiger partial charge < -0.3 is 9.30 Å². The van der Waals surface area contributed by atoms with E-state index < -0.39 is 0 Å². The number of fused-ring (bicyclic) bond motifs is 1. The number of ether oxygens (including phenoxy) is 1. The molecule has 1 heterocycles. The van der Waals surface area contributed by atoms with E-state index in [1.54, 1.807) is 0 Å². The molecule has 0 aliphatic carbocycles. The van der Waals surface area contributed by atoms with E-state index in [0.717, 1.165) is 35.6 Å². The molecule has 0 bridgehead atoms. The number of benzene rings is 1. The summed E-state index contributed by atoms with van der Waals surface area (Å²) in [5, 5.41) is 0. The molecule has 0 atom stereocenters. The molecule has 0 aliphatic rings. The van der Waals surface area contributed by atoms with E-state index in [-0.39, 0.29) is 0 Å². The largest absolute Gasteiger partial charge is 0.492 e. The summed E-state index contributed by atoms with van der Waals surface area (Å²) in [6, 6.07) is 6.08. The lowest BCUT2D eigenvalue weighted by molar-refractivity contribution is 0.343. The lowest BCUT2D eigenvalue weighted by atomic mass is 10.2. The van der Waals surface area contributed by atoms with Crippen LogP contribution in [0.1, 0.15) is 25.6 Å². The monoisotopic (exact) mass is 312 g/mol. The molecule has 0 N–H and O–H groups in total. The topological polar surface area (TPSA) is 27.1 Å². The molecular formula is C15H21ClN2OS. The standard InChI is InChI=1S/C15H21ClN2OS/c1-3-19-13-8-6-7-12-15(13)17-14(11-16)18(12)9-4-5-10-20-2/h6-8H,3-5,9-11H2,1-2H3. The Balaban J connectivity index is 2.29. The fourth-order valence-electron chi connectivity index (χ4n) is 2.31. The Labute approximate surface area is 129 Å². The van der Waals surface area contributed by atoms with Crippen molar-refractivity contribution in [3.63, 3.8) is 0 Å². The van der Waals surface area contributed by atoms with Crippen LogP contribution in [0.25, 0.3) is 11.0 Å². The van der Waals surface area contributed by atoms with Crippen LogP contribution in [-0.4, -0.2) is 28.2 Å². The molecule has 3 nitrogen and oxygen atoms in total. The number of aryl methyl sites for hydroxylation is 1. The maximum absolute atomic E-state index is 6.04. The molecule has 0 spiro atoms. The van der Waals surface area contributed by atoms with Crippen molar-refractivity contribution >= 4 is 34.4 Å². The number of halogens is 1. The van der Waals surface area contributed by atoms with E-state index in [9.17, 15) is 0 Å². The van der Waals surface area contributed by atoms with Crippen molar-refractivity contribution in [2.75, 3.05) is 18.6 Å². The molecule has 2 aromatic rings. The van der Waals surface area contributed by atoms with Crippen LogP contribution in [0.3, 0.4) is 0 Å². The van der Waals surface area contributed by atoms with Gasteiger partial charge in [0, 0.05) is 6.54 Å². The summed E-state index contributed by atoms with van der Waals surface area (Å²) in [7, 11) is 0. The van der Waals surface area contributed by atoms with Crippen molar-refractivity contribution in [2.24, 2.45) is 0 Å². The molecule has 0 fully saturated rings. The van der Waals surface area contributed by atoms with Crippen molar-refractivity contribution in [3.8, 4) is 5.75 Å². The Morgan fingerprint density at radius 1 is 1.35 bits per heavy atom. The third-order valence-electron chi connectivity index (χ3n) is 3.22. The van der Waals surface area contributed by atoms with Gasteiger partial charge in [-0.2, -0.15) is 11.8 Å². The minimum absolute atomic E-state index is 0.433. The van der Waals surface area contributed by atoms with Crippen LogP contribution in [0, 0.1) is 0 Å². The van der Waals surface area contributed by atoms with Crippen molar-refractivity contribution in [2.45, 2.75) is 32.2 Å². The highest BCUT2D eigenvalue weighted by atomic mass is 35.5. The maximum Gasteiger partial charge on any atom is 0.147 e. The molecule has 0 unspecified atom stereocenters. The predicted molar refractivity (Wildman–Crippen MR) is 88.1 cm³/mol. The first kappa shape index (κ1) is 15.5. The van der Waals surface area contributed by atoms with Crippen molar-refractivity contribution < 1.29 is 4.74 Å². The van der Waals surface area contributed by atoms with Gasteiger partial charge in [-0.3, -0.25) is 0 Å². The predicted octanol–water partition coefficient (Wildman–Crippen LogP) is 4.32. The molecule has 0 saturated heterocycles. The molecule has 20 heavy (non-hydrogen) atoms. The lowest BCUT2D eigenvalue weighted by Crippen LogP contribution is -2.03. The number of hydrogen-bond acceptors (Lipinski definition) is 3. The van der Waals surface area contributed by atoms with Crippen LogP contribution < -0.4 is 4.74 Å². The maximum atomic E-state index is 6.04. The fraction of sp³-hybridized carbons (Fsp3) is 0.533. The van der Waals surface area contributed by atoms with Crippen LogP contribution in [-0.2, 0) is 12.4 Å². The van der Waals surface area contributed by atoms with Crippen LogP contribution in [0.15, 0.2) is 18.2 Å². The van der Waals surface area contributed by atoms with Gasteiger partial charge in [-0.25, -0.2) is 4.98 Å². The summed E-state index contributed by atoms with van der Waals surface area (Å²) in [6.45, 7) is 3.60. The number of para-hydroxylation sites is 1. The van der Waals surface area contributed by atoms with Gasteiger partial charge in [0.15, 0.2) is 0 Å². The summed E-state index contributed by atoms with van der Waals surface area (Å²) in [5.41, 5.74) is 2.05. The molecule has 2 rings (SSSR count). The smallest absolute Gasteiger partial charge is 0.147 e. The number of imidazole rings is 1. The molecule has 5 heteroatoms. The Morgan fingerprint density at radius 3 is 2.90 bits per heavy atom. The first-order valence-electron chi connectivity index (χ1n) is 6.97. The minimum Gasteiger partial charge on any atom is -0.492 e. The second-order valence-corrected chi connectivity index (χ2v) is 5.82. The second-order valence-electron chi connectivity index (χ2n) is 4.57. The Bertz CT molecular complexity index is 556. The van der Waals surface area contributed by atoms with Gasteiger partial charge in [-0.1, -0.05) is 6.07 Å². The highest BCUT2D eigenvalue weighted by Gasteiger charge is 2.13. The minimum atomic E-state index is 0.433. The third kappa shape index (κ3) is 3.41. The number of aromatic nitrogens is 2. The first-order chi connectivity index (χ1) is 9.81. The molecule has 1 aromatic heterocycles. The van der Waals surface area contributed by atoms with E-state index in [2.05, 4.69) is 21.9 Å². The molecular weight excluding hydrogens is 292 g/mol. The van der Waals surface area contributed by atoms with E-state index in [0.29, 0.717) is 12.5 Å². The van der Waals surface area contributed by atoms with E-state index in [4.69, 9.17) is 16.3 Å². The number of thioether (sulfide) groups is 1. The Morgan fingerprint density at radius 2 is 2.20 bits per heavy atom. The van der Waals surface area contributed by atoms with Gasteiger partial charge in [0.1, 0.15) is 17.1 Å². The molecule has 0 saturated carbocycles. The van der Waals surface area contributed by atoms with Crippen molar-refractivity contribution in [1.82, 2.24) is 9.55 Å². The van der Waals surface area contributed by atoms with Crippen LogP contribution in [0.5, 0.6) is 5.75 Å². The average Bonchev–Trinajstić information content (AvgIpc) is 2.83. The lowest BCUT2D eigenvalue weighted by Gasteiger charge is -2.08. The number of hydrogen-bond donors (Lipinski definition) is 0. The zero-order valence-corrected chi connectivity index (χ0v) is 13.6. The fourth-order valence-corrected chi connectivity index (χ4v) is 3.01. The van der Waals surface area contributed by atoms with Crippen LogP contribution in [0.2, 0.25) is 0 Å². The van der Waals surface area contributed by atoms with Crippen LogP contribution in [0.4, 0.5) is 0 Å². The molecule has 1 aromatic carbocycles. The highest BCUT2D eigenvalue weighted by Crippen LogP contribution is 2.27. The van der Waals surface area contributed by atoms with Crippen molar-refractivity contribution in [1.29, 1.82) is 0 Å². The second kappa shape index (κ2) is 7.79. The third-order valence-corrected chi connectivity index (χ3v) is 4.16. The SMILES string of the molecule is CCOc1cccc2c1nc(CCl)n2CCCCSC. The molecule has 0 aliphatic heterocycles. The van der Waals surface area contributed by atoms with E-state index >= 15 is 0 Å². The summed E-state index contributed by atoms with van der Waals surface area (Å²) in [4.78, 5) is 4.65. The molecule has 110 valence electrons. The Kier molecular flexibility index (Phi) is 6.05.